The molecule has 0 aromatic heterocycles. The van der Waals surface area contributed by atoms with Gasteiger partial charge in [0.05, 0.1) is 12.7 Å². The number of ether oxygens (including phenoxy) is 1. The predicted octanol–water partition coefficient (Wildman–Crippen LogP) is -1.81. The lowest BCUT2D eigenvalue weighted by molar-refractivity contribution is -0.0730. The molecule has 16 heavy (non-hydrogen) atoms. The van der Waals surface area contributed by atoms with Crippen molar-refractivity contribution in [1.82, 2.24) is 10.2 Å². The molecule has 2 fully saturated rings. The van der Waals surface area contributed by atoms with E-state index >= 15 is 0 Å². The van der Waals surface area contributed by atoms with Crippen LogP contribution in [-0.4, -0.2) is 64.1 Å². The van der Waals surface area contributed by atoms with Gasteiger partial charge in [0.25, 0.3) is 0 Å². The largest absolute Gasteiger partial charge is 0.394 e. The van der Waals surface area contributed by atoms with Gasteiger partial charge >= 0.3 is 6.03 Å². The molecule has 2 heterocycles. The quantitative estimate of drug-likeness (QED) is 0.449. The van der Waals surface area contributed by atoms with Gasteiger partial charge in [0, 0.05) is 19.4 Å². The first kappa shape index (κ1) is 11.6. The SMILES string of the molecule is O=C1N[C@@H](O)CCN1[C@H]1C[C@H](O)[C@@H](CO)O1. The second kappa shape index (κ2) is 4.54. The molecule has 0 saturated carbocycles. The molecule has 0 aromatic carbocycles. The van der Waals surface area contributed by atoms with Crippen LogP contribution in [0, 0.1) is 0 Å². The summed E-state index contributed by atoms with van der Waals surface area (Å²) >= 11 is 0. The van der Waals surface area contributed by atoms with Crippen molar-refractivity contribution in [3.8, 4) is 0 Å². The molecular formula is C9H16N2O5. The van der Waals surface area contributed by atoms with Crippen LogP contribution in [0.2, 0.25) is 0 Å². The highest BCUT2D eigenvalue weighted by atomic mass is 16.5. The van der Waals surface area contributed by atoms with E-state index in [4.69, 9.17) is 9.84 Å². The van der Waals surface area contributed by atoms with E-state index < -0.39 is 30.7 Å². The molecule has 0 aromatic rings. The highest BCUT2D eigenvalue weighted by Gasteiger charge is 2.40. The molecule has 2 saturated heterocycles. The minimum absolute atomic E-state index is 0.268. The summed E-state index contributed by atoms with van der Waals surface area (Å²) in [6.07, 6.45) is -2.03. The second-order valence-electron chi connectivity index (χ2n) is 4.06. The average molecular weight is 232 g/mol. The molecule has 0 aliphatic carbocycles. The minimum Gasteiger partial charge on any atom is -0.394 e. The molecular weight excluding hydrogens is 216 g/mol. The summed E-state index contributed by atoms with van der Waals surface area (Å²) in [5, 5.41) is 30.0. The maximum Gasteiger partial charge on any atom is 0.321 e. The Hall–Kier alpha value is -0.890. The van der Waals surface area contributed by atoms with Gasteiger partial charge in [0.2, 0.25) is 0 Å². The van der Waals surface area contributed by atoms with Crippen molar-refractivity contribution >= 4 is 6.03 Å². The molecule has 2 amide bonds. The fourth-order valence-corrected chi connectivity index (χ4v) is 2.01. The number of hydrogen-bond acceptors (Lipinski definition) is 5. The highest BCUT2D eigenvalue weighted by Crippen LogP contribution is 2.24. The predicted molar refractivity (Wildman–Crippen MR) is 52.2 cm³/mol. The van der Waals surface area contributed by atoms with E-state index in [1.165, 1.54) is 4.90 Å². The minimum atomic E-state index is -0.816. The number of aliphatic hydroxyl groups excluding tert-OH is 3. The Bertz CT molecular complexity index is 275. The lowest BCUT2D eigenvalue weighted by Crippen LogP contribution is -2.55. The molecule has 4 N–H and O–H groups in total. The summed E-state index contributed by atoms with van der Waals surface area (Å²) in [4.78, 5) is 12.9. The summed E-state index contributed by atoms with van der Waals surface area (Å²) in [6, 6.07) is -0.408. The van der Waals surface area contributed by atoms with Crippen LogP contribution in [0.1, 0.15) is 12.8 Å². The van der Waals surface area contributed by atoms with Crippen LogP contribution < -0.4 is 5.32 Å². The van der Waals surface area contributed by atoms with Gasteiger partial charge in [-0.3, -0.25) is 4.90 Å². The molecule has 0 unspecified atom stereocenters. The van der Waals surface area contributed by atoms with E-state index in [-0.39, 0.29) is 13.0 Å². The van der Waals surface area contributed by atoms with Gasteiger partial charge < -0.3 is 25.4 Å². The number of carbonyl (C=O) groups excluding carboxylic acids is 1. The van der Waals surface area contributed by atoms with Crippen LogP contribution in [0.25, 0.3) is 0 Å². The lowest BCUT2D eigenvalue weighted by atomic mass is 10.2. The lowest BCUT2D eigenvalue weighted by Gasteiger charge is -2.34. The van der Waals surface area contributed by atoms with Crippen molar-refractivity contribution in [2.75, 3.05) is 13.2 Å². The van der Waals surface area contributed by atoms with E-state index in [0.29, 0.717) is 13.0 Å². The smallest absolute Gasteiger partial charge is 0.321 e. The zero-order valence-corrected chi connectivity index (χ0v) is 8.74. The number of aliphatic hydroxyl groups is 3. The van der Waals surface area contributed by atoms with Crippen molar-refractivity contribution in [2.24, 2.45) is 0 Å². The number of rotatable bonds is 2. The third-order valence-electron chi connectivity index (χ3n) is 2.93. The first-order valence-electron chi connectivity index (χ1n) is 5.31. The molecule has 0 spiro atoms. The summed E-state index contributed by atoms with van der Waals surface area (Å²) in [6.45, 7) is 0.109. The van der Waals surface area contributed by atoms with E-state index in [2.05, 4.69) is 5.32 Å². The Morgan fingerprint density at radius 2 is 2.25 bits per heavy atom. The Labute approximate surface area is 92.6 Å². The highest BCUT2D eigenvalue weighted by molar-refractivity contribution is 5.75. The van der Waals surface area contributed by atoms with Gasteiger partial charge in [-0.05, 0) is 0 Å². The standard InChI is InChI=1S/C9H16N2O5/c12-4-6-5(13)3-8(16-6)11-2-1-7(14)10-9(11)15/h5-8,12-14H,1-4H2,(H,10,15)/t5-,6+,7-,8+/m0/s1. The van der Waals surface area contributed by atoms with Gasteiger partial charge in [-0.1, -0.05) is 0 Å². The molecule has 2 aliphatic heterocycles. The third-order valence-corrected chi connectivity index (χ3v) is 2.93. The van der Waals surface area contributed by atoms with Crippen LogP contribution in [0.4, 0.5) is 4.79 Å². The number of nitrogens with one attached hydrogen (secondary N) is 1. The van der Waals surface area contributed by atoms with Gasteiger partial charge in [0.15, 0.2) is 0 Å². The Kier molecular flexibility index (Phi) is 3.29. The fraction of sp³-hybridized carbons (Fsp3) is 0.889. The number of urea groups is 1. The first-order valence-corrected chi connectivity index (χ1v) is 5.31. The van der Waals surface area contributed by atoms with E-state index in [9.17, 15) is 15.0 Å². The van der Waals surface area contributed by atoms with Gasteiger partial charge in [-0.2, -0.15) is 0 Å². The average Bonchev–Trinajstić information content (AvgIpc) is 2.59. The van der Waals surface area contributed by atoms with Crippen LogP contribution in [0.15, 0.2) is 0 Å². The number of carbonyl (C=O) groups is 1. The zero-order chi connectivity index (χ0) is 11.7. The van der Waals surface area contributed by atoms with Crippen molar-refractivity contribution in [3.05, 3.63) is 0 Å². The second-order valence-corrected chi connectivity index (χ2v) is 4.06. The maximum atomic E-state index is 11.5. The van der Waals surface area contributed by atoms with Gasteiger partial charge in [0.1, 0.15) is 18.6 Å². The molecule has 0 bridgehead atoms. The van der Waals surface area contributed by atoms with E-state index in [1.54, 1.807) is 0 Å². The third kappa shape index (κ3) is 2.12. The molecule has 2 rings (SSSR count). The summed E-state index contributed by atoms with van der Waals surface area (Å²) < 4.78 is 5.35. The van der Waals surface area contributed by atoms with E-state index in [1.807, 2.05) is 0 Å². The molecule has 2 aliphatic rings. The van der Waals surface area contributed by atoms with E-state index in [0.717, 1.165) is 0 Å². The molecule has 7 heteroatoms. The monoisotopic (exact) mass is 232 g/mol. The van der Waals surface area contributed by atoms with Crippen molar-refractivity contribution in [1.29, 1.82) is 0 Å². The molecule has 92 valence electrons. The fourth-order valence-electron chi connectivity index (χ4n) is 2.01. The van der Waals surface area contributed by atoms with Crippen LogP contribution in [0.3, 0.4) is 0 Å². The topological polar surface area (TPSA) is 102 Å². The van der Waals surface area contributed by atoms with Crippen molar-refractivity contribution in [3.63, 3.8) is 0 Å². The Balaban J connectivity index is 1.96. The van der Waals surface area contributed by atoms with Crippen LogP contribution in [-0.2, 0) is 4.74 Å². The van der Waals surface area contributed by atoms with Gasteiger partial charge in [-0.15, -0.1) is 0 Å². The summed E-state index contributed by atoms with van der Waals surface area (Å²) in [5.41, 5.74) is 0. The molecule has 4 atom stereocenters. The van der Waals surface area contributed by atoms with Gasteiger partial charge in [-0.25, -0.2) is 4.79 Å². The number of amides is 2. The Morgan fingerprint density at radius 3 is 2.81 bits per heavy atom. The number of hydrogen-bond donors (Lipinski definition) is 4. The van der Waals surface area contributed by atoms with Crippen LogP contribution >= 0.6 is 0 Å². The Morgan fingerprint density at radius 1 is 1.50 bits per heavy atom. The number of nitrogens with zero attached hydrogens (tertiary/aromatic N) is 1. The summed E-state index contributed by atoms with van der Waals surface area (Å²) in [7, 11) is 0. The summed E-state index contributed by atoms with van der Waals surface area (Å²) in [5.74, 6) is 0. The first-order chi connectivity index (χ1) is 7.61. The van der Waals surface area contributed by atoms with Crippen molar-refractivity contribution in [2.45, 2.75) is 37.5 Å². The maximum absolute atomic E-state index is 11.5. The normalized spacial score (nSPS) is 39.9. The zero-order valence-electron chi connectivity index (χ0n) is 8.74. The molecule has 0 radical (unpaired) electrons. The van der Waals surface area contributed by atoms with Crippen LogP contribution in [0.5, 0.6) is 0 Å². The van der Waals surface area contributed by atoms with Crippen molar-refractivity contribution < 1.29 is 24.9 Å². The molecule has 7 nitrogen and oxygen atoms in total.